The van der Waals surface area contributed by atoms with Crippen molar-refractivity contribution in [2.24, 2.45) is 0 Å². The van der Waals surface area contributed by atoms with E-state index < -0.39 is 0 Å². The molecule has 0 amide bonds. The number of aromatic amines is 1. The smallest absolute Gasteiger partial charge is 0.153 e. The summed E-state index contributed by atoms with van der Waals surface area (Å²) in [6.07, 6.45) is 6.10. The molecule has 0 atom stereocenters. The maximum atomic E-state index is 6.16. The molecule has 21 heavy (non-hydrogen) atoms. The molecule has 0 radical (unpaired) electrons. The summed E-state index contributed by atoms with van der Waals surface area (Å²) in [4.78, 5) is 0. The van der Waals surface area contributed by atoms with E-state index in [0.717, 1.165) is 23.3 Å². The fourth-order valence-corrected chi connectivity index (χ4v) is 3.64. The van der Waals surface area contributed by atoms with Gasteiger partial charge >= 0.3 is 0 Å². The summed E-state index contributed by atoms with van der Waals surface area (Å²) >= 11 is 0. The molecular formula is C17H23N3O. The molecule has 3 rings (SSSR count). The summed E-state index contributed by atoms with van der Waals surface area (Å²) in [5.74, 6) is 1.42. The minimum atomic E-state index is 0.197. The van der Waals surface area contributed by atoms with E-state index in [-0.39, 0.29) is 5.41 Å². The van der Waals surface area contributed by atoms with Gasteiger partial charge in [-0.3, -0.25) is 5.10 Å². The van der Waals surface area contributed by atoms with Crippen molar-refractivity contribution in [3.05, 3.63) is 30.0 Å². The van der Waals surface area contributed by atoms with E-state index in [4.69, 9.17) is 10.5 Å². The van der Waals surface area contributed by atoms with E-state index >= 15 is 0 Å². The third-order valence-electron chi connectivity index (χ3n) is 4.92. The Bertz CT molecular complexity index is 627. The van der Waals surface area contributed by atoms with Crippen LogP contribution in [-0.4, -0.2) is 17.3 Å². The number of benzene rings is 1. The second-order valence-electron chi connectivity index (χ2n) is 5.93. The summed E-state index contributed by atoms with van der Waals surface area (Å²) in [5.41, 5.74) is 9.69. The molecule has 1 saturated carbocycles. The number of ether oxygens (including phenoxy) is 1. The standard InChI is InChI=1S/C17H23N3O/c1-3-17(9-4-5-10-17)15-14(16(18)20-19-15)12-7-6-8-13(11-12)21-2/h6-8,11H,3-5,9-10H2,1-2H3,(H3,18,19,20). The number of nitrogens with two attached hydrogens (primary N) is 1. The van der Waals surface area contributed by atoms with E-state index in [9.17, 15) is 0 Å². The second-order valence-corrected chi connectivity index (χ2v) is 5.93. The Morgan fingerprint density at radius 1 is 1.33 bits per heavy atom. The van der Waals surface area contributed by atoms with E-state index in [1.165, 1.54) is 31.4 Å². The Hall–Kier alpha value is -1.97. The van der Waals surface area contributed by atoms with Crippen LogP contribution in [0.2, 0.25) is 0 Å². The maximum Gasteiger partial charge on any atom is 0.153 e. The Morgan fingerprint density at radius 3 is 2.76 bits per heavy atom. The normalized spacial score (nSPS) is 17.0. The zero-order chi connectivity index (χ0) is 14.9. The quantitative estimate of drug-likeness (QED) is 0.895. The predicted octanol–water partition coefficient (Wildman–Crippen LogP) is 3.89. The summed E-state index contributed by atoms with van der Waals surface area (Å²) in [7, 11) is 1.68. The highest BCUT2D eigenvalue weighted by atomic mass is 16.5. The van der Waals surface area contributed by atoms with Crippen molar-refractivity contribution < 1.29 is 4.74 Å². The molecule has 1 heterocycles. The number of nitrogen functional groups attached to an aromatic ring is 1. The largest absolute Gasteiger partial charge is 0.497 e. The van der Waals surface area contributed by atoms with Crippen LogP contribution < -0.4 is 10.5 Å². The molecule has 4 heteroatoms. The first-order valence-electron chi connectivity index (χ1n) is 7.69. The van der Waals surface area contributed by atoms with Crippen LogP contribution in [0.15, 0.2) is 24.3 Å². The van der Waals surface area contributed by atoms with Gasteiger partial charge in [0.25, 0.3) is 0 Å². The van der Waals surface area contributed by atoms with E-state index in [0.29, 0.717) is 5.82 Å². The summed E-state index contributed by atoms with van der Waals surface area (Å²) in [6.45, 7) is 2.26. The van der Waals surface area contributed by atoms with Crippen LogP contribution in [0.1, 0.15) is 44.7 Å². The Labute approximate surface area is 125 Å². The van der Waals surface area contributed by atoms with Crippen LogP contribution >= 0.6 is 0 Å². The van der Waals surface area contributed by atoms with Crippen LogP contribution in [-0.2, 0) is 5.41 Å². The Morgan fingerprint density at radius 2 is 2.10 bits per heavy atom. The highest BCUT2D eigenvalue weighted by Crippen LogP contribution is 2.47. The SMILES string of the molecule is CCC1(c2[nH]nc(N)c2-c2cccc(OC)c2)CCCC1. The molecule has 112 valence electrons. The number of hydrogen-bond acceptors (Lipinski definition) is 3. The minimum absolute atomic E-state index is 0.197. The molecule has 1 aromatic carbocycles. The van der Waals surface area contributed by atoms with E-state index in [2.05, 4.69) is 23.2 Å². The van der Waals surface area contributed by atoms with E-state index in [1.54, 1.807) is 7.11 Å². The highest BCUT2D eigenvalue weighted by molar-refractivity contribution is 5.78. The van der Waals surface area contributed by atoms with Crippen molar-refractivity contribution in [3.8, 4) is 16.9 Å². The van der Waals surface area contributed by atoms with Crippen molar-refractivity contribution in [3.63, 3.8) is 0 Å². The summed E-state index contributed by atoms with van der Waals surface area (Å²) < 4.78 is 5.34. The first kappa shape index (κ1) is 14.0. The number of aromatic nitrogens is 2. The molecule has 3 N–H and O–H groups in total. The number of methoxy groups -OCH3 is 1. The average Bonchev–Trinajstić information content (AvgIpc) is 3.14. The molecule has 1 aromatic heterocycles. The molecule has 0 saturated heterocycles. The van der Waals surface area contributed by atoms with Gasteiger partial charge in [-0.15, -0.1) is 0 Å². The first-order chi connectivity index (χ1) is 10.2. The number of nitrogens with one attached hydrogen (secondary N) is 1. The number of H-pyrrole nitrogens is 1. The van der Waals surface area contributed by atoms with Gasteiger partial charge in [0.15, 0.2) is 5.82 Å². The molecule has 0 spiro atoms. The van der Waals surface area contributed by atoms with Gasteiger partial charge < -0.3 is 10.5 Å². The molecule has 1 fully saturated rings. The summed E-state index contributed by atoms with van der Waals surface area (Å²) in [6, 6.07) is 8.05. The lowest BCUT2D eigenvalue weighted by atomic mass is 9.77. The van der Waals surface area contributed by atoms with Crippen LogP contribution in [0.4, 0.5) is 5.82 Å². The Balaban J connectivity index is 2.12. The van der Waals surface area contributed by atoms with Gasteiger partial charge in [-0.05, 0) is 37.0 Å². The fraction of sp³-hybridized carbons (Fsp3) is 0.471. The van der Waals surface area contributed by atoms with Crippen molar-refractivity contribution in [2.75, 3.05) is 12.8 Å². The lowest BCUT2D eigenvalue weighted by Crippen LogP contribution is -2.22. The van der Waals surface area contributed by atoms with Gasteiger partial charge in [0, 0.05) is 11.0 Å². The fourth-order valence-electron chi connectivity index (χ4n) is 3.64. The lowest BCUT2D eigenvalue weighted by Gasteiger charge is -2.27. The average molecular weight is 285 g/mol. The zero-order valence-electron chi connectivity index (χ0n) is 12.8. The third kappa shape index (κ3) is 2.28. The van der Waals surface area contributed by atoms with Gasteiger partial charge in [0.1, 0.15) is 5.75 Å². The third-order valence-corrected chi connectivity index (χ3v) is 4.92. The molecule has 4 nitrogen and oxygen atoms in total. The van der Waals surface area contributed by atoms with Gasteiger partial charge in [0.2, 0.25) is 0 Å². The van der Waals surface area contributed by atoms with Crippen LogP contribution in [0.3, 0.4) is 0 Å². The molecule has 1 aliphatic rings. The van der Waals surface area contributed by atoms with Crippen LogP contribution in [0.25, 0.3) is 11.1 Å². The van der Waals surface area contributed by atoms with Crippen molar-refractivity contribution >= 4 is 5.82 Å². The van der Waals surface area contributed by atoms with Gasteiger partial charge in [-0.1, -0.05) is 31.9 Å². The monoisotopic (exact) mass is 285 g/mol. The van der Waals surface area contributed by atoms with Crippen LogP contribution in [0, 0.1) is 0 Å². The van der Waals surface area contributed by atoms with E-state index in [1.807, 2.05) is 18.2 Å². The van der Waals surface area contributed by atoms with Gasteiger partial charge in [0.05, 0.1) is 12.8 Å². The zero-order valence-corrected chi connectivity index (χ0v) is 12.8. The second kappa shape index (κ2) is 5.43. The number of hydrogen-bond donors (Lipinski definition) is 2. The number of rotatable bonds is 4. The molecule has 2 aromatic rings. The highest BCUT2D eigenvalue weighted by Gasteiger charge is 2.38. The van der Waals surface area contributed by atoms with Gasteiger partial charge in [-0.2, -0.15) is 5.10 Å². The number of anilines is 1. The van der Waals surface area contributed by atoms with Gasteiger partial charge in [-0.25, -0.2) is 0 Å². The molecule has 0 bridgehead atoms. The number of nitrogens with zero attached hydrogens (tertiary/aromatic N) is 1. The summed E-state index contributed by atoms with van der Waals surface area (Å²) in [5, 5.41) is 7.53. The maximum absolute atomic E-state index is 6.16. The van der Waals surface area contributed by atoms with Crippen LogP contribution in [0.5, 0.6) is 5.75 Å². The van der Waals surface area contributed by atoms with Crippen molar-refractivity contribution in [1.29, 1.82) is 0 Å². The molecular weight excluding hydrogens is 262 g/mol. The minimum Gasteiger partial charge on any atom is -0.497 e. The van der Waals surface area contributed by atoms with Crippen molar-refractivity contribution in [1.82, 2.24) is 10.2 Å². The molecule has 0 aliphatic heterocycles. The topological polar surface area (TPSA) is 63.9 Å². The Kier molecular flexibility index (Phi) is 3.62. The molecule has 0 unspecified atom stereocenters. The van der Waals surface area contributed by atoms with Crippen molar-refractivity contribution in [2.45, 2.75) is 44.4 Å². The predicted molar refractivity (Wildman–Crippen MR) is 85.4 cm³/mol. The first-order valence-corrected chi connectivity index (χ1v) is 7.69. The molecule has 1 aliphatic carbocycles. The lowest BCUT2D eigenvalue weighted by molar-refractivity contribution is 0.412.